The van der Waals surface area contributed by atoms with E-state index in [2.05, 4.69) is 10.2 Å². The average Bonchev–Trinajstić information content (AvgIpc) is 2.55. The second-order valence-corrected chi connectivity index (χ2v) is 8.37. The summed E-state index contributed by atoms with van der Waals surface area (Å²) in [7, 11) is -0.409. The van der Waals surface area contributed by atoms with E-state index < -0.39 is 10.2 Å². The monoisotopic (exact) mass is 348 g/mol. The van der Waals surface area contributed by atoms with Gasteiger partial charge in [0.15, 0.2) is 0 Å². The third kappa shape index (κ3) is 5.12. The Bertz CT molecular complexity index is 491. The molecule has 0 spiro atoms. The predicted octanol–water partition coefficient (Wildman–Crippen LogP) is -1.05. The Balaban J connectivity index is 1.77. The lowest BCUT2D eigenvalue weighted by atomic mass is 9.99. The van der Waals surface area contributed by atoms with Crippen LogP contribution in [-0.4, -0.2) is 94.4 Å². The van der Waals surface area contributed by atoms with Crippen LogP contribution in [0.5, 0.6) is 0 Å². The van der Waals surface area contributed by atoms with Gasteiger partial charge >= 0.3 is 0 Å². The fraction of sp³-hybridized carbons (Fsp3) is 0.929. The molecule has 0 unspecified atom stereocenters. The minimum atomic E-state index is -3.44. The van der Waals surface area contributed by atoms with Crippen LogP contribution in [0.2, 0.25) is 0 Å². The summed E-state index contributed by atoms with van der Waals surface area (Å²) in [5.41, 5.74) is 0. The second-order valence-electron chi connectivity index (χ2n) is 6.23. The molecule has 1 amide bonds. The van der Waals surface area contributed by atoms with Crippen molar-refractivity contribution in [2.75, 3.05) is 66.6 Å². The number of rotatable bonds is 6. The van der Waals surface area contributed by atoms with Gasteiger partial charge in [0.2, 0.25) is 5.91 Å². The molecule has 2 aliphatic rings. The molecule has 2 saturated heterocycles. The molecule has 0 aromatic heterocycles. The Hall–Kier alpha value is -0.740. The molecule has 0 aromatic rings. The van der Waals surface area contributed by atoms with Gasteiger partial charge in [0, 0.05) is 53.4 Å². The number of nitrogens with zero attached hydrogens (tertiary/aromatic N) is 3. The van der Waals surface area contributed by atoms with Crippen molar-refractivity contribution in [1.82, 2.24) is 18.8 Å². The molecule has 134 valence electrons. The zero-order chi connectivity index (χ0) is 16.9. The SMILES string of the molecule is CN(C)S(=O)(=O)N1CCC[C@@H](C(=O)NCCN2CCOCC2)C1. The molecule has 2 fully saturated rings. The standard InChI is InChI=1S/C14H28N4O4S/c1-16(2)23(20,21)18-6-3-4-13(12-18)14(19)15-5-7-17-8-10-22-11-9-17/h13H,3-12H2,1-2H3,(H,15,19)/t13-/m1/s1. The van der Waals surface area contributed by atoms with E-state index >= 15 is 0 Å². The fourth-order valence-corrected chi connectivity index (χ4v) is 4.09. The molecule has 2 aliphatic heterocycles. The van der Waals surface area contributed by atoms with Crippen LogP contribution in [0.1, 0.15) is 12.8 Å². The molecule has 0 radical (unpaired) electrons. The number of piperidine rings is 1. The number of hydrogen-bond donors (Lipinski definition) is 1. The van der Waals surface area contributed by atoms with Crippen molar-refractivity contribution in [2.24, 2.45) is 5.92 Å². The summed E-state index contributed by atoms with van der Waals surface area (Å²) in [5, 5.41) is 2.94. The van der Waals surface area contributed by atoms with Gasteiger partial charge in [0.25, 0.3) is 10.2 Å². The maximum Gasteiger partial charge on any atom is 0.281 e. The first-order valence-electron chi connectivity index (χ1n) is 8.16. The summed E-state index contributed by atoms with van der Waals surface area (Å²) in [6.07, 6.45) is 1.46. The molecular weight excluding hydrogens is 320 g/mol. The third-order valence-corrected chi connectivity index (χ3v) is 6.28. The van der Waals surface area contributed by atoms with Crippen LogP contribution in [0.3, 0.4) is 0 Å². The van der Waals surface area contributed by atoms with E-state index in [1.807, 2.05) is 0 Å². The van der Waals surface area contributed by atoms with E-state index in [9.17, 15) is 13.2 Å². The summed E-state index contributed by atoms with van der Waals surface area (Å²) in [5.74, 6) is -0.305. The van der Waals surface area contributed by atoms with Crippen molar-refractivity contribution in [2.45, 2.75) is 12.8 Å². The Kier molecular flexibility index (Phi) is 6.78. The van der Waals surface area contributed by atoms with E-state index in [0.29, 0.717) is 19.5 Å². The summed E-state index contributed by atoms with van der Waals surface area (Å²) < 4.78 is 32.2. The molecule has 9 heteroatoms. The number of ether oxygens (including phenoxy) is 1. The molecule has 23 heavy (non-hydrogen) atoms. The van der Waals surface area contributed by atoms with Crippen molar-refractivity contribution in [3.63, 3.8) is 0 Å². The van der Waals surface area contributed by atoms with E-state index in [1.54, 1.807) is 0 Å². The number of morpholine rings is 1. The second kappa shape index (κ2) is 8.39. The molecule has 1 N–H and O–H groups in total. The lowest BCUT2D eigenvalue weighted by Gasteiger charge is -2.33. The highest BCUT2D eigenvalue weighted by atomic mass is 32.2. The molecular formula is C14H28N4O4S. The minimum Gasteiger partial charge on any atom is -0.379 e. The van der Waals surface area contributed by atoms with Gasteiger partial charge in [-0.15, -0.1) is 0 Å². The fourth-order valence-electron chi connectivity index (χ4n) is 2.90. The van der Waals surface area contributed by atoms with Crippen LogP contribution in [0.4, 0.5) is 0 Å². The van der Waals surface area contributed by atoms with Crippen LogP contribution in [0, 0.1) is 5.92 Å². The van der Waals surface area contributed by atoms with E-state index in [0.717, 1.165) is 39.3 Å². The summed E-state index contributed by atoms with van der Waals surface area (Å²) in [6, 6.07) is 0. The Morgan fingerprint density at radius 2 is 1.96 bits per heavy atom. The van der Waals surface area contributed by atoms with E-state index in [4.69, 9.17) is 4.74 Å². The number of nitrogens with one attached hydrogen (secondary N) is 1. The average molecular weight is 348 g/mol. The Morgan fingerprint density at radius 1 is 1.26 bits per heavy atom. The predicted molar refractivity (Wildman–Crippen MR) is 87.2 cm³/mol. The van der Waals surface area contributed by atoms with Gasteiger partial charge in [-0.05, 0) is 12.8 Å². The molecule has 0 aliphatic carbocycles. The normalized spacial score (nSPS) is 24.7. The van der Waals surface area contributed by atoms with Crippen LogP contribution in [-0.2, 0) is 19.7 Å². The highest BCUT2D eigenvalue weighted by Gasteiger charge is 2.33. The van der Waals surface area contributed by atoms with Crippen molar-refractivity contribution in [3.05, 3.63) is 0 Å². The zero-order valence-corrected chi connectivity index (χ0v) is 14.8. The first-order valence-corrected chi connectivity index (χ1v) is 9.56. The molecule has 8 nitrogen and oxygen atoms in total. The molecule has 0 bridgehead atoms. The topological polar surface area (TPSA) is 82.2 Å². The number of hydrogen-bond acceptors (Lipinski definition) is 5. The highest BCUT2D eigenvalue weighted by molar-refractivity contribution is 7.86. The molecule has 0 saturated carbocycles. The van der Waals surface area contributed by atoms with Gasteiger partial charge in [0.1, 0.15) is 0 Å². The van der Waals surface area contributed by atoms with Crippen LogP contribution in [0.15, 0.2) is 0 Å². The maximum atomic E-state index is 12.3. The van der Waals surface area contributed by atoms with Gasteiger partial charge in [-0.1, -0.05) is 0 Å². The van der Waals surface area contributed by atoms with Gasteiger partial charge in [-0.2, -0.15) is 17.0 Å². The van der Waals surface area contributed by atoms with Crippen molar-refractivity contribution >= 4 is 16.1 Å². The lowest BCUT2D eigenvalue weighted by Crippen LogP contribution is -2.49. The van der Waals surface area contributed by atoms with Crippen LogP contribution >= 0.6 is 0 Å². The summed E-state index contributed by atoms with van der Waals surface area (Å²) >= 11 is 0. The Morgan fingerprint density at radius 3 is 2.61 bits per heavy atom. The van der Waals surface area contributed by atoms with Gasteiger partial charge in [-0.3, -0.25) is 9.69 Å². The van der Waals surface area contributed by atoms with E-state index in [1.165, 1.54) is 22.7 Å². The maximum absolute atomic E-state index is 12.3. The molecule has 1 atom stereocenters. The number of carbonyl (C=O) groups excluding carboxylic acids is 1. The summed E-state index contributed by atoms with van der Waals surface area (Å²) in [6.45, 7) is 5.43. The molecule has 0 aromatic carbocycles. The minimum absolute atomic E-state index is 0.0445. The van der Waals surface area contributed by atoms with Crippen LogP contribution < -0.4 is 5.32 Å². The van der Waals surface area contributed by atoms with E-state index in [-0.39, 0.29) is 18.4 Å². The van der Waals surface area contributed by atoms with Gasteiger partial charge in [-0.25, -0.2) is 0 Å². The summed E-state index contributed by atoms with van der Waals surface area (Å²) in [4.78, 5) is 14.6. The number of carbonyl (C=O) groups is 1. The smallest absolute Gasteiger partial charge is 0.281 e. The Labute approximate surface area is 138 Å². The first kappa shape index (κ1) is 18.6. The van der Waals surface area contributed by atoms with Crippen molar-refractivity contribution in [3.8, 4) is 0 Å². The zero-order valence-electron chi connectivity index (χ0n) is 14.0. The largest absolute Gasteiger partial charge is 0.379 e. The van der Waals surface area contributed by atoms with Crippen molar-refractivity contribution in [1.29, 1.82) is 0 Å². The van der Waals surface area contributed by atoms with Crippen molar-refractivity contribution < 1.29 is 17.9 Å². The quantitative estimate of drug-likeness (QED) is 0.663. The third-order valence-electron chi connectivity index (χ3n) is 4.37. The lowest BCUT2D eigenvalue weighted by molar-refractivity contribution is -0.126. The number of amides is 1. The van der Waals surface area contributed by atoms with Gasteiger partial charge in [0.05, 0.1) is 19.1 Å². The van der Waals surface area contributed by atoms with Crippen LogP contribution in [0.25, 0.3) is 0 Å². The molecule has 2 rings (SSSR count). The molecule has 2 heterocycles. The van der Waals surface area contributed by atoms with Gasteiger partial charge < -0.3 is 10.1 Å². The highest BCUT2D eigenvalue weighted by Crippen LogP contribution is 2.20. The first-order chi connectivity index (χ1) is 10.9.